The highest BCUT2D eigenvalue weighted by molar-refractivity contribution is 7.86. The summed E-state index contributed by atoms with van der Waals surface area (Å²) in [6, 6.07) is 6.71. The molecular weight excluding hydrogens is 288 g/mol. The van der Waals surface area contributed by atoms with Crippen molar-refractivity contribution in [1.29, 1.82) is 0 Å². The van der Waals surface area contributed by atoms with Crippen LogP contribution in [0.2, 0.25) is 0 Å². The maximum atomic E-state index is 12.1. The van der Waals surface area contributed by atoms with Crippen LogP contribution in [0.15, 0.2) is 29.2 Å². The Kier molecular flexibility index (Phi) is 4.33. The molecular formula is C16H22O4S. The van der Waals surface area contributed by atoms with Crippen LogP contribution >= 0.6 is 0 Å². The first kappa shape index (κ1) is 15.0. The minimum atomic E-state index is -3.67. The van der Waals surface area contributed by atoms with E-state index in [4.69, 9.17) is 8.92 Å². The summed E-state index contributed by atoms with van der Waals surface area (Å²) in [6.45, 7) is 2.06. The standard InChI is InChI=1S/C16H22O4S/c1-12-7-9-14(10-8-12)21(17,18)19-11-15-16(20-15)13-5-3-2-4-6-13/h7-10,13,15-16H,2-6,11H2,1H3/t15-,16-/m1/s1. The molecule has 0 radical (unpaired) electrons. The molecule has 1 aliphatic heterocycles. The van der Waals surface area contributed by atoms with Crippen molar-refractivity contribution in [1.82, 2.24) is 0 Å². The van der Waals surface area contributed by atoms with Gasteiger partial charge in [-0.05, 0) is 37.8 Å². The second-order valence-electron chi connectivity index (χ2n) is 6.09. The van der Waals surface area contributed by atoms with Gasteiger partial charge < -0.3 is 4.74 Å². The molecule has 1 aromatic carbocycles. The van der Waals surface area contributed by atoms with Crippen LogP contribution in [0.1, 0.15) is 37.7 Å². The third-order valence-corrected chi connectivity index (χ3v) is 5.73. The van der Waals surface area contributed by atoms with Gasteiger partial charge in [0.25, 0.3) is 10.1 Å². The Morgan fingerprint density at radius 3 is 2.48 bits per heavy atom. The Morgan fingerprint density at radius 2 is 1.81 bits per heavy atom. The van der Waals surface area contributed by atoms with Gasteiger partial charge in [-0.3, -0.25) is 4.18 Å². The summed E-state index contributed by atoms with van der Waals surface area (Å²) in [4.78, 5) is 0.211. The predicted octanol–water partition coefficient (Wildman–Crippen LogP) is 3.05. The molecule has 21 heavy (non-hydrogen) atoms. The Morgan fingerprint density at radius 1 is 1.14 bits per heavy atom. The van der Waals surface area contributed by atoms with Crippen molar-refractivity contribution in [2.75, 3.05) is 6.61 Å². The monoisotopic (exact) mass is 310 g/mol. The van der Waals surface area contributed by atoms with Crippen LogP contribution in [0.5, 0.6) is 0 Å². The average molecular weight is 310 g/mol. The predicted molar refractivity (Wildman–Crippen MR) is 79.6 cm³/mol. The van der Waals surface area contributed by atoms with Crippen molar-refractivity contribution in [2.45, 2.75) is 56.1 Å². The molecule has 1 aliphatic carbocycles. The Balaban J connectivity index is 1.52. The highest BCUT2D eigenvalue weighted by Crippen LogP contribution is 2.38. The number of aryl methyl sites for hydroxylation is 1. The molecule has 3 rings (SSSR count). The van der Waals surface area contributed by atoms with Crippen LogP contribution in [-0.2, 0) is 19.0 Å². The van der Waals surface area contributed by atoms with Crippen molar-refractivity contribution in [3.05, 3.63) is 29.8 Å². The smallest absolute Gasteiger partial charge is 0.297 e. The Bertz CT molecular complexity index is 573. The molecule has 116 valence electrons. The van der Waals surface area contributed by atoms with E-state index in [1.54, 1.807) is 24.3 Å². The van der Waals surface area contributed by atoms with Gasteiger partial charge in [-0.2, -0.15) is 8.42 Å². The van der Waals surface area contributed by atoms with Crippen LogP contribution in [0, 0.1) is 12.8 Å². The van der Waals surface area contributed by atoms with E-state index >= 15 is 0 Å². The van der Waals surface area contributed by atoms with Crippen LogP contribution in [0.4, 0.5) is 0 Å². The summed E-state index contributed by atoms with van der Waals surface area (Å²) in [5.41, 5.74) is 1.02. The fourth-order valence-electron chi connectivity index (χ4n) is 3.10. The molecule has 4 nitrogen and oxygen atoms in total. The summed E-state index contributed by atoms with van der Waals surface area (Å²) in [5, 5.41) is 0. The number of rotatable bonds is 5. The van der Waals surface area contributed by atoms with Gasteiger partial charge in [0.1, 0.15) is 6.10 Å². The lowest BCUT2D eigenvalue weighted by Gasteiger charge is -2.19. The van der Waals surface area contributed by atoms with Crippen LogP contribution in [0.25, 0.3) is 0 Å². The van der Waals surface area contributed by atoms with E-state index in [1.165, 1.54) is 32.1 Å². The first-order valence-electron chi connectivity index (χ1n) is 7.68. The second-order valence-corrected chi connectivity index (χ2v) is 7.70. The SMILES string of the molecule is Cc1ccc(S(=O)(=O)OC[C@H]2O[C@@H]2C2CCCCC2)cc1. The lowest BCUT2D eigenvalue weighted by atomic mass is 9.86. The van der Waals surface area contributed by atoms with E-state index in [0.717, 1.165) is 5.56 Å². The van der Waals surface area contributed by atoms with E-state index in [0.29, 0.717) is 5.92 Å². The minimum Gasteiger partial charge on any atom is -0.367 e. The maximum absolute atomic E-state index is 12.1. The Hall–Kier alpha value is -0.910. The normalized spacial score (nSPS) is 26.7. The van der Waals surface area contributed by atoms with Gasteiger partial charge >= 0.3 is 0 Å². The van der Waals surface area contributed by atoms with Crippen molar-refractivity contribution in [3.8, 4) is 0 Å². The lowest BCUT2D eigenvalue weighted by molar-refractivity contribution is 0.244. The molecule has 0 unspecified atom stereocenters. The molecule has 0 aromatic heterocycles. The zero-order valence-electron chi connectivity index (χ0n) is 12.3. The highest BCUT2D eigenvalue weighted by Gasteiger charge is 2.45. The first-order valence-corrected chi connectivity index (χ1v) is 9.09. The fourth-order valence-corrected chi connectivity index (χ4v) is 4.02. The zero-order valence-corrected chi connectivity index (χ0v) is 13.1. The van der Waals surface area contributed by atoms with E-state index in [1.807, 2.05) is 6.92 Å². The largest absolute Gasteiger partial charge is 0.367 e. The zero-order chi connectivity index (χ0) is 14.9. The summed E-state index contributed by atoms with van der Waals surface area (Å²) in [5.74, 6) is 0.592. The molecule has 1 aromatic rings. The van der Waals surface area contributed by atoms with Gasteiger partial charge in [0.15, 0.2) is 0 Å². The van der Waals surface area contributed by atoms with Crippen molar-refractivity contribution < 1.29 is 17.3 Å². The summed E-state index contributed by atoms with van der Waals surface area (Å²) in [7, 11) is -3.67. The van der Waals surface area contributed by atoms with E-state index in [-0.39, 0.29) is 23.7 Å². The van der Waals surface area contributed by atoms with Crippen LogP contribution < -0.4 is 0 Å². The fraction of sp³-hybridized carbons (Fsp3) is 0.625. The molecule has 1 heterocycles. The highest BCUT2D eigenvalue weighted by atomic mass is 32.2. The molecule has 1 saturated carbocycles. The molecule has 1 saturated heterocycles. The Labute approximate surface area is 126 Å². The van der Waals surface area contributed by atoms with Gasteiger partial charge in [-0.15, -0.1) is 0 Å². The molecule has 5 heteroatoms. The molecule has 0 spiro atoms. The van der Waals surface area contributed by atoms with Crippen molar-refractivity contribution >= 4 is 10.1 Å². The molecule has 0 bridgehead atoms. The van der Waals surface area contributed by atoms with Gasteiger partial charge in [-0.25, -0.2) is 0 Å². The third-order valence-electron chi connectivity index (χ3n) is 4.43. The number of ether oxygens (including phenoxy) is 1. The maximum Gasteiger partial charge on any atom is 0.297 e. The molecule has 0 amide bonds. The van der Waals surface area contributed by atoms with Crippen LogP contribution in [-0.4, -0.2) is 27.2 Å². The molecule has 2 atom stereocenters. The van der Waals surface area contributed by atoms with Crippen molar-refractivity contribution in [2.24, 2.45) is 5.92 Å². The number of benzene rings is 1. The van der Waals surface area contributed by atoms with Gasteiger partial charge in [0.2, 0.25) is 0 Å². The summed E-state index contributed by atoms with van der Waals surface area (Å²) >= 11 is 0. The van der Waals surface area contributed by atoms with Gasteiger partial charge in [0, 0.05) is 0 Å². The van der Waals surface area contributed by atoms with E-state index < -0.39 is 10.1 Å². The van der Waals surface area contributed by atoms with Gasteiger partial charge in [0.05, 0.1) is 17.6 Å². The number of hydrogen-bond donors (Lipinski definition) is 0. The summed E-state index contributed by atoms with van der Waals surface area (Å²) < 4.78 is 34.9. The minimum absolute atomic E-state index is 0.0478. The van der Waals surface area contributed by atoms with E-state index in [2.05, 4.69) is 0 Å². The molecule has 2 aliphatic rings. The van der Waals surface area contributed by atoms with Crippen LogP contribution in [0.3, 0.4) is 0 Å². The third kappa shape index (κ3) is 3.65. The quantitative estimate of drug-likeness (QED) is 0.619. The van der Waals surface area contributed by atoms with Gasteiger partial charge in [-0.1, -0.05) is 37.0 Å². The van der Waals surface area contributed by atoms with E-state index in [9.17, 15) is 8.42 Å². The van der Waals surface area contributed by atoms with Crippen molar-refractivity contribution in [3.63, 3.8) is 0 Å². The molecule has 2 fully saturated rings. The second kappa shape index (κ2) is 6.07. The number of epoxide rings is 1. The lowest BCUT2D eigenvalue weighted by Crippen LogP contribution is -2.18. The summed E-state index contributed by atoms with van der Waals surface area (Å²) in [6.07, 6.45) is 6.40. The first-order chi connectivity index (χ1) is 10.1. The average Bonchev–Trinajstić information content (AvgIpc) is 3.26. The number of hydrogen-bond acceptors (Lipinski definition) is 4. The molecule has 0 N–H and O–H groups in total. The topological polar surface area (TPSA) is 55.9 Å².